The molecule has 0 aliphatic heterocycles. The third-order valence-electron chi connectivity index (χ3n) is 1.91. The topological polar surface area (TPSA) is 58.9 Å². The molecule has 1 heterocycles. The summed E-state index contributed by atoms with van der Waals surface area (Å²) in [5, 5.41) is 0.872. The Morgan fingerprint density at radius 3 is 2.71 bits per heavy atom. The summed E-state index contributed by atoms with van der Waals surface area (Å²) in [5.74, 6) is 0.511. The molecule has 1 rings (SSSR count). The van der Waals surface area contributed by atoms with Gasteiger partial charge in [0.1, 0.15) is 0 Å². The molecular formula is C10H16N2OS. The average Bonchev–Trinajstić information content (AvgIpc) is 2.45. The van der Waals surface area contributed by atoms with Crippen molar-refractivity contribution in [1.29, 1.82) is 0 Å². The molecule has 78 valence electrons. The van der Waals surface area contributed by atoms with Crippen molar-refractivity contribution in [1.82, 2.24) is 4.98 Å². The molecule has 0 aliphatic rings. The summed E-state index contributed by atoms with van der Waals surface area (Å²) >= 11 is 1.52. The largest absolute Gasteiger partial charge is 0.397 e. The molecule has 0 radical (unpaired) electrons. The Labute approximate surface area is 88.5 Å². The summed E-state index contributed by atoms with van der Waals surface area (Å²) in [6, 6.07) is 1.72. The molecule has 14 heavy (non-hydrogen) atoms. The van der Waals surface area contributed by atoms with Crippen LogP contribution in [0, 0.1) is 5.92 Å². The van der Waals surface area contributed by atoms with Crippen molar-refractivity contribution >= 4 is 23.2 Å². The van der Waals surface area contributed by atoms with Gasteiger partial charge in [0.25, 0.3) is 0 Å². The maximum absolute atomic E-state index is 11.6. The Bertz CT molecular complexity index is 331. The molecule has 0 saturated heterocycles. The lowest BCUT2D eigenvalue weighted by molar-refractivity contribution is 0.0963. The number of thioether (sulfide) groups is 1. The lowest BCUT2D eigenvalue weighted by atomic mass is 10.1. The van der Waals surface area contributed by atoms with Gasteiger partial charge in [0, 0.05) is 6.42 Å². The number of ketones is 1. The first-order chi connectivity index (χ1) is 6.54. The maximum Gasteiger partial charge on any atom is 0.179 e. The summed E-state index contributed by atoms with van der Waals surface area (Å²) in [6.45, 7) is 4.05. The van der Waals surface area contributed by atoms with Crippen LogP contribution >= 0.6 is 11.8 Å². The Morgan fingerprint density at radius 1 is 1.64 bits per heavy atom. The second-order valence-corrected chi connectivity index (χ2v) is 4.51. The fourth-order valence-electron chi connectivity index (χ4n) is 1.25. The van der Waals surface area contributed by atoms with Gasteiger partial charge in [-0.15, -0.1) is 11.8 Å². The molecule has 3 nitrogen and oxygen atoms in total. The number of anilines is 1. The summed E-state index contributed by atoms with van der Waals surface area (Å²) in [5.41, 5.74) is 7.00. The van der Waals surface area contributed by atoms with Gasteiger partial charge < -0.3 is 10.7 Å². The van der Waals surface area contributed by atoms with Crippen LogP contribution in [0.3, 0.4) is 0 Å². The van der Waals surface area contributed by atoms with Crippen molar-refractivity contribution in [3.8, 4) is 0 Å². The monoisotopic (exact) mass is 212 g/mol. The number of Topliss-reactive ketones (excluding diaryl/α,β-unsaturated/α-hetero) is 1. The molecule has 0 atom stereocenters. The van der Waals surface area contributed by atoms with Gasteiger partial charge in [-0.1, -0.05) is 13.8 Å². The number of nitrogens with one attached hydrogen (secondary N) is 1. The van der Waals surface area contributed by atoms with Gasteiger partial charge in [-0.3, -0.25) is 4.79 Å². The lowest BCUT2D eigenvalue weighted by Gasteiger charge is -2.00. The predicted molar refractivity (Wildman–Crippen MR) is 60.8 cm³/mol. The van der Waals surface area contributed by atoms with E-state index in [0.29, 0.717) is 23.7 Å². The highest BCUT2D eigenvalue weighted by atomic mass is 32.2. The van der Waals surface area contributed by atoms with Crippen molar-refractivity contribution in [2.24, 2.45) is 5.92 Å². The fraction of sp³-hybridized carbons (Fsp3) is 0.500. The SMILES string of the molecule is CSc1[nH]c(C(=O)CC(C)C)cc1N. The van der Waals surface area contributed by atoms with E-state index in [9.17, 15) is 4.79 Å². The number of H-pyrrole nitrogens is 1. The number of rotatable bonds is 4. The minimum absolute atomic E-state index is 0.131. The third-order valence-corrected chi connectivity index (χ3v) is 2.65. The van der Waals surface area contributed by atoms with Crippen LogP contribution in [0.15, 0.2) is 11.1 Å². The summed E-state index contributed by atoms with van der Waals surface area (Å²) in [7, 11) is 0. The standard InChI is InChI=1S/C10H16N2OS/c1-6(2)4-9(13)8-5-7(11)10(12-8)14-3/h5-6,12H,4,11H2,1-3H3. The quantitative estimate of drug-likeness (QED) is 0.595. The van der Waals surface area contributed by atoms with E-state index in [0.717, 1.165) is 5.03 Å². The van der Waals surface area contributed by atoms with Gasteiger partial charge in [0.05, 0.1) is 16.4 Å². The van der Waals surface area contributed by atoms with Crippen LogP contribution in [-0.4, -0.2) is 17.0 Å². The highest BCUT2D eigenvalue weighted by molar-refractivity contribution is 7.98. The third kappa shape index (κ3) is 2.54. The Morgan fingerprint density at radius 2 is 2.29 bits per heavy atom. The molecule has 0 aliphatic carbocycles. The van der Waals surface area contributed by atoms with E-state index in [-0.39, 0.29) is 5.78 Å². The molecule has 0 unspecified atom stereocenters. The highest BCUT2D eigenvalue weighted by Gasteiger charge is 2.12. The number of carbonyl (C=O) groups excluding carboxylic acids is 1. The molecule has 0 bridgehead atoms. The number of nitrogen functional groups attached to an aromatic ring is 1. The van der Waals surface area contributed by atoms with Gasteiger partial charge in [-0.25, -0.2) is 0 Å². The Kier molecular flexibility index (Phi) is 3.63. The van der Waals surface area contributed by atoms with Crippen LogP contribution in [-0.2, 0) is 0 Å². The van der Waals surface area contributed by atoms with E-state index in [1.165, 1.54) is 11.8 Å². The van der Waals surface area contributed by atoms with E-state index < -0.39 is 0 Å². The molecule has 1 aromatic rings. The van der Waals surface area contributed by atoms with Crippen molar-refractivity contribution in [2.75, 3.05) is 12.0 Å². The van der Waals surface area contributed by atoms with Gasteiger partial charge in [-0.05, 0) is 18.2 Å². The minimum atomic E-state index is 0.131. The molecule has 0 spiro atoms. The predicted octanol–water partition coefficient (Wildman–Crippen LogP) is 2.55. The molecule has 3 N–H and O–H groups in total. The minimum Gasteiger partial charge on any atom is -0.397 e. The van der Waals surface area contributed by atoms with Crippen molar-refractivity contribution in [3.63, 3.8) is 0 Å². The second-order valence-electron chi connectivity index (χ2n) is 3.69. The first-order valence-corrected chi connectivity index (χ1v) is 5.82. The molecule has 0 amide bonds. The summed E-state index contributed by atoms with van der Waals surface area (Å²) in [6.07, 6.45) is 2.49. The van der Waals surface area contributed by atoms with Gasteiger partial charge >= 0.3 is 0 Å². The molecule has 0 aromatic carbocycles. The van der Waals surface area contributed by atoms with Crippen LogP contribution in [0.4, 0.5) is 5.69 Å². The van der Waals surface area contributed by atoms with Crippen LogP contribution in [0.2, 0.25) is 0 Å². The summed E-state index contributed by atoms with van der Waals surface area (Å²) < 4.78 is 0. The number of hydrogen-bond acceptors (Lipinski definition) is 3. The van der Waals surface area contributed by atoms with Crippen molar-refractivity contribution in [2.45, 2.75) is 25.3 Å². The van der Waals surface area contributed by atoms with E-state index in [2.05, 4.69) is 4.98 Å². The normalized spacial score (nSPS) is 10.9. The fourth-order valence-corrected chi connectivity index (χ4v) is 1.76. The van der Waals surface area contributed by atoms with E-state index >= 15 is 0 Å². The zero-order chi connectivity index (χ0) is 10.7. The van der Waals surface area contributed by atoms with Crippen LogP contribution in [0.1, 0.15) is 30.8 Å². The number of hydrogen-bond donors (Lipinski definition) is 2. The first kappa shape index (κ1) is 11.2. The average molecular weight is 212 g/mol. The van der Waals surface area contributed by atoms with Crippen LogP contribution in [0.5, 0.6) is 0 Å². The molecule has 4 heteroatoms. The van der Waals surface area contributed by atoms with Crippen molar-refractivity contribution < 1.29 is 4.79 Å². The number of aromatic nitrogens is 1. The van der Waals surface area contributed by atoms with E-state index in [4.69, 9.17) is 5.73 Å². The number of aromatic amines is 1. The molecule has 0 fully saturated rings. The van der Waals surface area contributed by atoms with E-state index in [1.54, 1.807) is 6.07 Å². The summed E-state index contributed by atoms with van der Waals surface area (Å²) in [4.78, 5) is 14.7. The molecule has 1 aromatic heterocycles. The van der Waals surface area contributed by atoms with Crippen LogP contribution < -0.4 is 5.73 Å². The highest BCUT2D eigenvalue weighted by Crippen LogP contribution is 2.23. The maximum atomic E-state index is 11.6. The van der Waals surface area contributed by atoms with Crippen molar-refractivity contribution in [3.05, 3.63) is 11.8 Å². The first-order valence-electron chi connectivity index (χ1n) is 4.60. The smallest absolute Gasteiger partial charge is 0.179 e. The van der Waals surface area contributed by atoms with Gasteiger partial charge in [0.2, 0.25) is 0 Å². The zero-order valence-electron chi connectivity index (χ0n) is 8.76. The van der Waals surface area contributed by atoms with Crippen LogP contribution in [0.25, 0.3) is 0 Å². The second kappa shape index (κ2) is 4.55. The number of nitrogens with two attached hydrogens (primary N) is 1. The van der Waals surface area contributed by atoms with Gasteiger partial charge in [-0.2, -0.15) is 0 Å². The van der Waals surface area contributed by atoms with E-state index in [1.807, 2.05) is 20.1 Å². The Hall–Kier alpha value is -0.900. The van der Waals surface area contributed by atoms with Gasteiger partial charge in [0.15, 0.2) is 5.78 Å². The number of carbonyl (C=O) groups is 1. The zero-order valence-corrected chi connectivity index (χ0v) is 9.57. The lowest BCUT2D eigenvalue weighted by Crippen LogP contribution is -2.03. The molecular weight excluding hydrogens is 196 g/mol. The molecule has 0 saturated carbocycles. The Balaban J connectivity index is 2.80.